The molecule has 0 aliphatic heterocycles. The van der Waals surface area contributed by atoms with E-state index >= 15 is 0 Å². The minimum atomic E-state index is 0.332. The maximum Gasteiger partial charge on any atom is 0.160 e. The Morgan fingerprint density at radius 2 is 1.25 bits per heavy atom. The van der Waals surface area contributed by atoms with Crippen LogP contribution in [0.4, 0.5) is 0 Å². The van der Waals surface area contributed by atoms with Gasteiger partial charge in [0, 0.05) is 54.5 Å². The Hall–Kier alpha value is -7.49. The van der Waals surface area contributed by atoms with Gasteiger partial charge in [0.1, 0.15) is 11.7 Å². The zero-order chi connectivity index (χ0) is 37.2. The third-order valence-corrected chi connectivity index (χ3v) is 12.0. The van der Waals surface area contributed by atoms with Crippen LogP contribution >= 0.6 is 0 Å². The summed E-state index contributed by atoms with van der Waals surface area (Å²) in [7, 11) is 0. The zero-order valence-corrected chi connectivity index (χ0v) is 30.3. The first-order chi connectivity index (χ1) is 27.6. The van der Waals surface area contributed by atoms with E-state index in [1.165, 1.54) is 0 Å². The van der Waals surface area contributed by atoms with Crippen molar-refractivity contribution in [2.75, 3.05) is 0 Å². The molecule has 4 heterocycles. The second-order valence-electron chi connectivity index (χ2n) is 15.0. The molecule has 0 N–H and O–H groups in total. The first-order valence-electron chi connectivity index (χ1n) is 19.0. The Labute approximate surface area is 320 Å². The molecule has 7 aromatic carbocycles. The fourth-order valence-electron chi connectivity index (χ4n) is 9.60. The summed E-state index contributed by atoms with van der Waals surface area (Å²) in [5, 5.41) is 32.7. The molecule has 6 heteroatoms. The molecule has 1 atom stereocenters. The Bertz CT molecular complexity index is 3560. The summed E-state index contributed by atoms with van der Waals surface area (Å²) < 4.78 is 12.3. The SMILES string of the molecule is CC1C=Cc2c(c3ccc4c5ccccc5n(-c5c(C#N)cccc5-c5ccccc5-n5c6ccccc6c6ccc7c8ccccc8oc7c65)c4c3n2[O-])C1. The lowest BCUT2D eigenvalue weighted by Gasteiger charge is -2.20. The largest absolute Gasteiger partial charge is 0.805 e. The van der Waals surface area contributed by atoms with Crippen LogP contribution in [-0.2, 0) is 6.42 Å². The van der Waals surface area contributed by atoms with E-state index in [0.717, 1.165) is 110 Å². The lowest BCUT2D eigenvalue weighted by atomic mass is 9.93. The second-order valence-corrected chi connectivity index (χ2v) is 15.0. The number of hydrogen-bond donors (Lipinski definition) is 0. The van der Waals surface area contributed by atoms with Gasteiger partial charge in [0.2, 0.25) is 0 Å². The molecular formula is C50H31N4O2-. The van der Waals surface area contributed by atoms with Crippen LogP contribution in [0.15, 0.2) is 150 Å². The number of hydrogen-bond acceptors (Lipinski definition) is 3. The first-order valence-corrected chi connectivity index (χ1v) is 19.0. The smallest absolute Gasteiger partial charge is 0.160 e. The highest BCUT2D eigenvalue weighted by atomic mass is 16.5. The van der Waals surface area contributed by atoms with Crippen molar-refractivity contribution in [3.63, 3.8) is 0 Å². The van der Waals surface area contributed by atoms with E-state index in [9.17, 15) is 10.5 Å². The van der Waals surface area contributed by atoms with Gasteiger partial charge in [-0.2, -0.15) is 5.26 Å². The van der Waals surface area contributed by atoms with E-state index in [0.29, 0.717) is 22.7 Å². The molecule has 1 aliphatic rings. The molecule has 0 saturated carbocycles. The van der Waals surface area contributed by atoms with Gasteiger partial charge in [-0.15, -0.1) is 0 Å². The molecule has 0 spiro atoms. The molecule has 11 aromatic rings. The molecule has 6 nitrogen and oxygen atoms in total. The van der Waals surface area contributed by atoms with Crippen LogP contribution in [0, 0.1) is 22.5 Å². The Morgan fingerprint density at radius 3 is 2.05 bits per heavy atom. The highest BCUT2D eigenvalue weighted by molar-refractivity contribution is 6.22. The summed E-state index contributed by atoms with van der Waals surface area (Å²) in [6, 6.07) is 50.5. The number of benzene rings is 7. The van der Waals surface area contributed by atoms with Crippen molar-refractivity contribution in [3.8, 4) is 28.6 Å². The molecule has 0 fully saturated rings. The molecule has 264 valence electrons. The normalized spacial score (nSPS) is 14.2. The van der Waals surface area contributed by atoms with Gasteiger partial charge >= 0.3 is 0 Å². The third kappa shape index (κ3) is 3.98. The van der Waals surface area contributed by atoms with Crippen molar-refractivity contribution in [2.24, 2.45) is 5.92 Å². The Balaban J connectivity index is 1.22. The minimum absolute atomic E-state index is 0.332. The average Bonchev–Trinajstić information content (AvgIpc) is 3.97. The first kappa shape index (κ1) is 30.9. The van der Waals surface area contributed by atoms with Crippen molar-refractivity contribution in [2.45, 2.75) is 13.3 Å². The van der Waals surface area contributed by atoms with Crippen LogP contribution in [0.1, 0.15) is 23.7 Å². The van der Waals surface area contributed by atoms with E-state index in [2.05, 4.69) is 131 Å². The highest BCUT2D eigenvalue weighted by Crippen LogP contribution is 2.46. The maximum absolute atomic E-state index is 14.5. The highest BCUT2D eigenvalue weighted by Gasteiger charge is 2.27. The fraction of sp³-hybridized carbons (Fsp3) is 0.0600. The summed E-state index contributed by atoms with van der Waals surface area (Å²) >= 11 is 0. The summed E-state index contributed by atoms with van der Waals surface area (Å²) in [5.74, 6) is 0.332. The molecular weight excluding hydrogens is 689 g/mol. The number of furan rings is 1. The summed E-state index contributed by atoms with van der Waals surface area (Å²) in [4.78, 5) is 0. The molecule has 1 unspecified atom stereocenters. The van der Waals surface area contributed by atoms with Gasteiger partial charge in [0.15, 0.2) is 5.58 Å². The Kier molecular flexibility index (Phi) is 6.22. The molecule has 0 bridgehead atoms. The van der Waals surface area contributed by atoms with E-state index < -0.39 is 0 Å². The van der Waals surface area contributed by atoms with E-state index in [-0.39, 0.29) is 0 Å². The number of allylic oxidation sites excluding steroid dienone is 1. The van der Waals surface area contributed by atoms with Gasteiger partial charge in [-0.3, -0.25) is 0 Å². The van der Waals surface area contributed by atoms with Crippen molar-refractivity contribution in [1.82, 2.24) is 13.9 Å². The van der Waals surface area contributed by atoms with Gasteiger partial charge in [0.25, 0.3) is 0 Å². The van der Waals surface area contributed by atoms with Crippen LogP contribution in [0.2, 0.25) is 0 Å². The quantitative estimate of drug-likeness (QED) is 0.182. The molecule has 56 heavy (non-hydrogen) atoms. The zero-order valence-electron chi connectivity index (χ0n) is 30.3. The number of nitriles is 1. The second kappa shape index (κ2) is 11.3. The lowest BCUT2D eigenvalue weighted by Crippen LogP contribution is -2.04. The standard InChI is InChI=1S/C50H31N4O2/c1-29-21-26-44-40(27-29)38-23-22-36-32-13-4-8-19-43(32)53(47(36)48(38)54(44)55)46-30(28-51)11-10-16-35(46)31-12-2-6-17-41(31)52-42-18-7-3-14-33(42)37-24-25-39-34-15-5-9-20-45(34)56-50(39)49(37)52/h2-26,29H,27H2,1H3/q-1. The molecule has 1 aliphatic carbocycles. The van der Waals surface area contributed by atoms with E-state index in [4.69, 9.17) is 4.42 Å². The van der Waals surface area contributed by atoms with Gasteiger partial charge in [-0.25, -0.2) is 0 Å². The van der Waals surface area contributed by atoms with Gasteiger partial charge < -0.3 is 23.5 Å². The van der Waals surface area contributed by atoms with Crippen molar-refractivity contribution in [1.29, 1.82) is 5.26 Å². The summed E-state index contributed by atoms with van der Waals surface area (Å²) in [5.41, 5.74) is 11.9. The predicted octanol–water partition coefficient (Wildman–Crippen LogP) is 12.8. The topological polar surface area (TPSA) is 74.8 Å². The number of nitrogens with zero attached hydrogens (tertiary/aromatic N) is 4. The number of rotatable bonds is 3. The predicted molar refractivity (Wildman–Crippen MR) is 229 cm³/mol. The van der Waals surface area contributed by atoms with Crippen LogP contribution in [0.5, 0.6) is 0 Å². The molecule has 0 amide bonds. The number of para-hydroxylation sites is 5. The number of aromatic nitrogens is 3. The minimum Gasteiger partial charge on any atom is -0.805 e. The van der Waals surface area contributed by atoms with Gasteiger partial charge in [-0.05, 0) is 60.4 Å². The third-order valence-electron chi connectivity index (χ3n) is 12.0. The number of fused-ring (bicyclic) bond motifs is 14. The summed E-state index contributed by atoms with van der Waals surface area (Å²) in [6.45, 7) is 2.19. The van der Waals surface area contributed by atoms with Crippen LogP contribution in [0.25, 0.3) is 105 Å². The van der Waals surface area contributed by atoms with Crippen molar-refractivity contribution in [3.05, 3.63) is 168 Å². The average molecular weight is 720 g/mol. The van der Waals surface area contributed by atoms with Crippen molar-refractivity contribution < 1.29 is 4.42 Å². The Morgan fingerprint density at radius 1 is 0.607 bits per heavy atom. The van der Waals surface area contributed by atoms with Crippen LogP contribution < -0.4 is 0 Å². The maximum atomic E-state index is 14.5. The van der Waals surface area contributed by atoms with Crippen LogP contribution in [-0.4, -0.2) is 13.9 Å². The molecule has 4 aromatic heterocycles. The van der Waals surface area contributed by atoms with Crippen molar-refractivity contribution >= 4 is 82.5 Å². The molecule has 0 radical (unpaired) electrons. The van der Waals surface area contributed by atoms with Crippen LogP contribution in [0.3, 0.4) is 0 Å². The van der Waals surface area contributed by atoms with E-state index in [1.807, 2.05) is 42.5 Å². The summed E-state index contributed by atoms with van der Waals surface area (Å²) in [6.07, 6.45) is 4.90. The lowest BCUT2D eigenvalue weighted by molar-refractivity contribution is 0.671. The fourth-order valence-corrected chi connectivity index (χ4v) is 9.60. The van der Waals surface area contributed by atoms with Gasteiger partial charge in [0.05, 0.1) is 44.5 Å². The molecule has 12 rings (SSSR count). The van der Waals surface area contributed by atoms with Gasteiger partial charge in [-0.1, -0.05) is 116 Å². The monoisotopic (exact) mass is 719 g/mol. The van der Waals surface area contributed by atoms with E-state index in [1.54, 1.807) is 0 Å². The molecule has 0 saturated heterocycles.